The zero-order valence-electron chi connectivity index (χ0n) is 20.8. The number of rotatable bonds is 8. The molecule has 1 atom stereocenters. The molecule has 1 aromatic heterocycles. The summed E-state index contributed by atoms with van der Waals surface area (Å²) < 4.78 is 31.2. The van der Waals surface area contributed by atoms with Gasteiger partial charge in [0, 0.05) is 10.6 Å². The molecule has 2 heterocycles. The molecule has 8 nitrogen and oxygen atoms in total. The van der Waals surface area contributed by atoms with E-state index in [9.17, 15) is 18.8 Å². The van der Waals surface area contributed by atoms with Gasteiger partial charge in [0.15, 0.2) is 11.4 Å². The highest BCUT2D eigenvalue weighted by Gasteiger charge is 2.33. The molecule has 0 amide bonds. The number of hydrogen-bond donors (Lipinski definition) is 0. The van der Waals surface area contributed by atoms with Gasteiger partial charge in [-0.15, -0.1) is 0 Å². The predicted molar refractivity (Wildman–Crippen MR) is 140 cm³/mol. The zero-order chi connectivity index (χ0) is 27.4. The minimum atomic E-state index is -0.869. The van der Waals surface area contributed by atoms with E-state index < -0.39 is 29.4 Å². The minimum Gasteiger partial charge on any atom is -0.481 e. The van der Waals surface area contributed by atoms with Crippen LogP contribution in [-0.2, 0) is 19.1 Å². The van der Waals surface area contributed by atoms with Gasteiger partial charge in [0.2, 0.25) is 0 Å². The summed E-state index contributed by atoms with van der Waals surface area (Å²) >= 11 is 7.31. The number of halogens is 2. The summed E-state index contributed by atoms with van der Waals surface area (Å²) in [6, 6.07) is 9.50. The number of thiazole rings is 1. The molecule has 0 spiro atoms. The molecule has 0 bridgehead atoms. The first-order chi connectivity index (χ1) is 18.2. The average Bonchev–Trinajstić information content (AvgIpc) is 3.17. The molecular weight excluding hydrogens is 535 g/mol. The Bertz CT molecular complexity index is 1590. The average molecular weight is 559 g/mol. The van der Waals surface area contributed by atoms with Gasteiger partial charge < -0.3 is 14.2 Å². The fourth-order valence-electron chi connectivity index (χ4n) is 4.00. The molecular formula is C27H24ClFN2O6S. The third-order valence-corrected chi connectivity index (χ3v) is 6.83. The van der Waals surface area contributed by atoms with Gasteiger partial charge in [0.05, 0.1) is 35.1 Å². The topological polar surface area (TPSA) is 96.2 Å². The van der Waals surface area contributed by atoms with Gasteiger partial charge in [-0.25, -0.2) is 19.0 Å². The van der Waals surface area contributed by atoms with Crippen molar-refractivity contribution in [2.75, 3.05) is 19.8 Å². The molecule has 3 aromatic rings. The molecule has 198 valence electrons. The van der Waals surface area contributed by atoms with Crippen LogP contribution in [0.2, 0.25) is 5.02 Å². The van der Waals surface area contributed by atoms with Gasteiger partial charge in [-0.2, -0.15) is 0 Å². The lowest BCUT2D eigenvalue weighted by Crippen LogP contribution is -2.39. The van der Waals surface area contributed by atoms with E-state index in [4.69, 9.17) is 25.8 Å². The summed E-state index contributed by atoms with van der Waals surface area (Å²) in [5, 5.41) is 0.400. The Morgan fingerprint density at radius 1 is 1.13 bits per heavy atom. The number of ether oxygens (including phenoxy) is 3. The number of fused-ring (bicyclic) bond motifs is 1. The van der Waals surface area contributed by atoms with Crippen LogP contribution in [0.25, 0.3) is 6.08 Å². The number of benzene rings is 2. The maximum atomic E-state index is 13.7. The molecule has 38 heavy (non-hydrogen) atoms. The third-order valence-electron chi connectivity index (χ3n) is 5.61. The molecule has 0 saturated heterocycles. The van der Waals surface area contributed by atoms with Crippen molar-refractivity contribution in [3.05, 3.63) is 95.4 Å². The van der Waals surface area contributed by atoms with Crippen molar-refractivity contribution in [3.63, 3.8) is 0 Å². The summed E-state index contributed by atoms with van der Waals surface area (Å²) in [4.78, 5) is 43.3. The molecule has 4 rings (SSSR count). The van der Waals surface area contributed by atoms with E-state index in [2.05, 4.69) is 4.99 Å². The number of carbonyl (C=O) groups is 2. The fourth-order valence-corrected chi connectivity index (χ4v) is 5.21. The number of hydrogen-bond acceptors (Lipinski definition) is 8. The quantitative estimate of drug-likeness (QED) is 0.393. The van der Waals surface area contributed by atoms with Crippen molar-refractivity contribution < 1.29 is 28.2 Å². The van der Waals surface area contributed by atoms with Gasteiger partial charge in [-0.05, 0) is 62.7 Å². The summed E-state index contributed by atoms with van der Waals surface area (Å²) in [6.45, 7) is 5.09. The predicted octanol–water partition coefficient (Wildman–Crippen LogP) is 3.53. The molecule has 0 saturated carbocycles. The van der Waals surface area contributed by atoms with E-state index in [0.717, 1.165) is 11.3 Å². The number of nitrogens with zero attached hydrogens (tertiary/aromatic N) is 2. The molecule has 0 radical (unpaired) electrons. The largest absolute Gasteiger partial charge is 0.481 e. The maximum Gasteiger partial charge on any atom is 0.344 e. The van der Waals surface area contributed by atoms with Gasteiger partial charge in [0.25, 0.3) is 5.56 Å². The Labute approximate surface area is 226 Å². The van der Waals surface area contributed by atoms with Gasteiger partial charge in [-0.1, -0.05) is 35.1 Å². The van der Waals surface area contributed by atoms with E-state index >= 15 is 0 Å². The molecule has 0 unspecified atom stereocenters. The van der Waals surface area contributed by atoms with Crippen LogP contribution < -0.4 is 19.6 Å². The number of esters is 2. The Morgan fingerprint density at radius 2 is 1.84 bits per heavy atom. The molecule has 11 heteroatoms. The first-order valence-corrected chi connectivity index (χ1v) is 13.0. The highest BCUT2D eigenvalue weighted by Crippen LogP contribution is 2.31. The third kappa shape index (κ3) is 5.71. The van der Waals surface area contributed by atoms with Crippen molar-refractivity contribution in [3.8, 4) is 5.75 Å². The Kier molecular flexibility index (Phi) is 8.43. The number of allylic oxidation sites excluding steroid dienone is 1. The molecule has 1 aliphatic heterocycles. The van der Waals surface area contributed by atoms with Crippen LogP contribution in [-0.4, -0.2) is 36.3 Å². The smallest absolute Gasteiger partial charge is 0.344 e. The van der Waals surface area contributed by atoms with Crippen LogP contribution in [0.3, 0.4) is 0 Å². The summed E-state index contributed by atoms with van der Waals surface area (Å²) in [5.74, 6) is -1.27. The Morgan fingerprint density at radius 3 is 2.53 bits per heavy atom. The van der Waals surface area contributed by atoms with Crippen LogP contribution >= 0.6 is 22.9 Å². The van der Waals surface area contributed by atoms with E-state index in [1.54, 1.807) is 45.0 Å². The second-order valence-electron chi connectivity index (χ2n) is 8.13. The van der Waals surface area contributed by atoms with Crippen molar-refractivity contribution >= 4 is 41.0 Å². The van der Waals surface area contributed by atoms with Crippen LogP contribution in [0, 0.1) is 5.82 Å². The monoisotopic (exact) mass is 558 g/mol. The second kappa shape index (κ2) is 11.7. The van der Waals surface area contributed by atoms with Crippen LogP contribution in [0.4, 0.5) is 4.39 Å². The van der Waals surface area contributed by atoms with Crippen LogP contribution in [0.5, 0.6) is 5.75 Å². The normalized spacial score (nSPS) is 15.1. The second-order valence-corrected chi connectivity index (χ2v) is 9.58. The minimum absolute atomic E-state index is 0.138. The molecule has 1 aliphatic rings. The number of carbonyl (C=O) groups excluding carboxylic acids is 2. The number of aromatic nitrogens is 1. The van der Waals surface area contributed by atoms with E-state index in [1.165, 1.54) is 28.8 Å². The van der Waals surface area contributed by atoms with Gasteiger partial charge >= 0.3 is 11.9 Å². The Hall–Kier alpha value is -3.76. The first kappa shape index (κ1) is 27.3. The van der Waals surface area contributed by atoms with Crippen LogP contribution in [0.1, 0.15) is 37.9 Å². The fraction of sp³-hybridized carbons (Fsp3) is 0.259. The Balaban J connectivity index is 1.86. The van der Waals surface area contributed by atoms with E-state index in [1.807, 2.05) is 0 Å². The standard InChI is InChI=1S/C27H24ClFN2O6S/c1-4-35-22(32)14-37-20-11-8-18(28)12-17(20)13-21-25(33)31-24(16-6-9-19(29)10-7-16)23(26(34)36-5-2)15(3)30-27(31)38-21/h6-13,24H,4-5,14H2,1-3H3/b21-13-/t24-/m0/s1. The van der Waals surface area contributed by atoms with Crippen molar-refractivity contribution in [2.24, 2.45) is 4.99 Å². The molecule has 0 N–H and O–H groups in total. The highest BCUT2D eigenvalue weighted by molar-refractivity contribution is 7.07. The highest BCUT2D eigenvalue weighted by atomic mass is 35.5. The summed E-state index contributed by atoms with van der Waals surface area (Å²) in [6.07, 6.45) is 1.58. The van der Waals surface area contributed by atoms with Crippen molar-refractivity contribution in [2.45, 2.75) is 26.8 Å². The lowest BCUT2D eigenvalue weighted by molar-refractivity contribution is -0.145. The summed E-state index contributed by atoms with van der Waals surface area (Å²) in [7, 11) is 0. The molecule has 2 aromatic carbocycles. The van der Waals surface area contributed by atoms with Crippen molar-refractivity contribution in [1.29, 1.82) is 0 Å². The van der Waals surface area contributed by atoms with Crippen LogP contribution in [0.15, 0.2) is 63.5 Å². The maximum absolute atomic E-state index is 13.7. The van der Waals surface area contributed by atoms with Gasteiger partial charge in [0.1, 0.15) is 11.6 Å². The van der Waals surface area contributed by atoms with Crippen molar-refractivity contribution in [1.82, 2.24) is 4.57 Å². The SMILES string of the molecule is CCOC(=O)COc1ccc(Cl)cc1/C=c1\sc2n(c1=O)[C@@H](c1ccc(F)cc1)C(C(=O)OCC)=C(C)N=2. The van der Waals surface area contributed by atoms with Gasteiger partial charge in [-0.3, -0.25) is 9.36 Å². The summed E-state index contributed by atoms with van der Waals surface area (Å²) in [5.41, 5.74) is 1.16. The lowest BCUT2D eigenvalue weighted by atomic mass is 9.96. The molecule has 0 fully saturated rings. The van der Waals surface area contributed by atoms with E-state index in [-0.39, 0.29) is 29.9 Å². The molecule has 0 aliphatic carbocycles. The van der Waals surface area contributed by atoms with E-state index in [0.29, 0.717) is 32.4 Å². The first-order valence-electron chi connectivity index (χ1n) is 11.8. The lowest BCUT2D eigenvalue weighted by Gasteiger charge is -2.24. The zero-order valence-corrected chi connectivity index (χ0v) is 22.4.